The molecule has 3 unspecified atom stereocenters. The molecule has 7 heteroatoms. The van der Waals surface area contributed by atoms with E-state index >= 15 is 0 Å². The molecule has 23 heavy (non-hydrogen) atoms. The van der Waals surface area contributed by atoms with Crippen LogP contribution in [0.5, 0.6) is 0 Å². The Bertz CT molecular complexity index is 466. The van der Waals surface area contributed by atoms with E-state index in [-0.39, 0.29) is 48.2 Å². The molecule has 1 amide bonds. The molecule has 0 aromatic carbocycles. The molecule has 1 heterocycles. The Labute approximate surface area is 156 Å². The summed E-state index contributed by atoms with van der Waals surface area (Å²) in [7, 11) is 4.09. The molecule has 3 N–H and O–H groups in total. The van der Waals surface area contributed by atoms with Crippen molar-refractivity contribution < 1.29 is 4.79 Å². The highest BCUT2D eigenvalue weighted by Crippen LogP contribution is 2.32. The van der Waals surface area contributed by atoms with Gasteiger partial charge in [0.15, 0.2) is 0 Å². The van der Waals surface area contributed by atoms with Gasteiger partial charge < -0.3 is 16.0 Å². The molecule has 1 saturated carbocycles. The second-order valence-corrected chi connectivity index (χ2v) is 7.52. The average molecular weight is 382 g/mol. The number of nitrogens with zero attached hydrogens (tertiary/aromatic N) is 1. The molecular formula is C16H29Cl2N3OS. The second kappa shape index (κ2) is 9.84. The molecule has 0 spiro atoms. The quantitative estimate of drug-likeness (QED) is 0.822. The zero-order valence-corrected chi connectivity index (χ0v) is 16.5. The van der Waals surface area contributed by atoms with Gasteiger partial charge in [0.1, 0.15) is 0 Å². The van der Waals surface area contributed by atoms with Crippen molar-refractivity contribution in [3.8, 4) is 0 Å². The summed E-state index contributed by atoms with van der Waals surface area (Å²) in [5.41, 5.74) is 5.95. The molecule has 0 bridgehead atoms. The maximum atomic E-state index is 12.5. The first-order chi connectivity index (χ1) is 9.92. The number of likely N-dealkylation sites (N-methyl/N-ethyl adjacent to an activating group) is 1. The number of thiophene rings is 1. The van der Waals surface area contributed by atoms with Gasteiger partial charge in [-0.15, -0.1) is 36.2 Å². The van der Waals surface area contributed by atoms with Crippen LogP contribution in [0.15, 0.2) is 17.5 Å². The number of nitrogens with two attached hydrogens (primary N) is 1. The lowest BCUT2D eigenvalue weighted by Gasteiger charge is -2.37. The van der Waals surface area contributed by atoms with Crippen molar-refractivity contribution in [1.82, 2.24) is 10.2 Å². The van der Waals surface area contributed by atoms with E-state index in [9.17, 15) is 4.79 Å². The van der Waals surface area contributed by atoms with E-state index in [1.54, 1.807) is 11.3 Å². The Balaban J connectivity index is 0.00000242. The highest BCUT2D eigenvalue weighted by molar-refractivity contribution is 7.10. The second-order valence-electron chi connectivity index (χ2n) is 6.54. The Hall–Kier alpha value is -0.330. The Morgan fingerprint density at radius 1 is 1.48 bits per heavy atom. The molecule has 0 radical (unpaired) electrons. The molecule has 1 fully saturated rings. The van der Waals surface area contributed by atoms with Crippen LogP contribution in [0.1, 0.15) is 43.5 Å². The van der Waals surface area contributed by atoms with Crippen LogP contribution >= 0.6 is 36.2 Å². The van der Waals surface area contributed by atoms with E-state index in [0.29, 0.717) is 6.54 Å². The average Bonchev–Trinajstić information content (AvgIpc) is 2.91. The van der Waals surface area contributed by atoms with Crippen molar-refractivity contribution in [2.24, 2.45) is 11.7 Å². The van der Waals surface area contributed by atoms with Crippen LogP contribution in [0, 0.1) is 5.92 Å². The summed E-state index contributed by atoms with van der Waals surface area (Å²) in [5.74, 6) is 0.0560. The largest absolute Gasteiger partial charge is 0.354 e. The van der Waals surface area contributed by atoms with Gasteiger partial charge >= 0.3 is 0 Å². The fourth-order valence-corrected chi connectivity index (χ4v) is 4.05. The number of hydrogen-bond donors (Lipinski definition) is 2. The van der Waals surface area contributed by atoms with Crippen LogP contribution in [0.4, 0.5) is 0 Å². The molecule has 4 nitrogen and oxygen atoms in total. The van der Waals surface area contributed by atoms with E-state index in [2.05, 4.69) is 27.7 Å². The number of nitrogens with one attached hydrogen (secondary N) is 1. The first-order valence-electron chi connectivity index (χ1n) is 7.68. The van der Waals surface area contributed by atoms with Crippen molar-refractivity contribution in [3.63, 3.8) is 0 Å². The first kappa shape index (κ1) is 22.7. The lowest BCUT2D eigenvalue weighted by atomic mass is 9.74. The third-order valence-electron chi connectivity index (χ3n) is 4.54. The minimum atomic E-state index is -0.362. The smallest absolute Gasteiger partial charge is 0.225 e. The Morgan fingerprint density at radius 3 is 2.70 bits per heavy atom. The van der Waals surface area contributed by atoms with Crippen molar-refractivity contribution in [3.05, 3.63) is 22.4 Å². The molecule has 1 aliphatic carbocycles. The van der Waals surface area contributed by atoms with Crippen LogP contribution in [0.2, 0.25) is 0 Å². The number of carbonyl (C=O) groups is 1. The maximum Gasteiger partial charge on any atom is 0.225 e. The molecule has 1 aromatic heterocycles. The third kappa shape index (κ3) is 5.91. The fourth-order valence-electron chi connectivity index (χ4n) is 3.13. The summed E-state index contributed by atoms with van der Waals surface area (Å²) < 4.78 is 0. The van der Waals surface area contributed by atoms with Gasteiger partial charge in [0.2, 0.25) is 5.91 Å². The highest BCUT2D eigenvalue weighted by Gasteiger charge is 2.37. The highest BCUT2D eigenvalue weighted by atomic mass is 35.5. The van der Waals surface area contributed by atoms with Crippen LogP contribution in [-0.2, 0) is 4.79 Å². The zero-order valence-electron chi connectivity index (χ0n) is 14.1. The molecule has 3 atom stereocenters. The number of hydrogen-bond acceptors (Lipinski definition) is 4. The summed E-state index contributed by atoms with van der Waals surface area (Å²) in [5, 5.41) is 5.20. The SMILES string of the molecule is CN(C)C(CNC(=O)C1CCCCC1(C)N)c1cccs1.Cl.Cl. The predicted octanol–water partition coefficient (Wildman–Crippen LogP) is 3.22. The molecule has 0 saturated heterocycles. The normalized spacial score (nSPS) is 25.2. The van der Waals surface area contributed by atoms with Gasteiger partial charge in [0, 0.05) is 17.0 Å². The van der Waals surface area contributed by atoms with Gasteiger partial charge in [0.05, 0.1) is 12.0 Å². The first-order valence-corrected chi connectivity index (χ1v) is 8.56. The van der Waals surface area contributed by atoms with E-state index in [1.807, 2.05) is 21.0 Å². The van der Waals surface area contributed by atoms with Crippen LogP contribution in [0.3, 0.4) is 0 Å². The van der Waals surface area contributed by atoms with Gasteiger partial charge in [-0.25, -0.2) is 0 Å². The molecule has 0 aliphatic heterocycles. The van der Waals surface area contributed by atoms with E-state index in [1.165, 1.54) is 4.88 Å². The topological polar surface area (TPSA) is 58.4 Å². The third-order valence-corrected chi connectivity index (χ3v) is 5.51. The van der Waals surface area contributed by atoms with Crippen molar-refractivity contribution >= 4 is 42.1 Å². The van der Waals surface area contributed by atoms with Crippen LogP contribution < -0.4 is 11.1 Å². The lowest BCUT2D eigenvalue weighted by Crippen LogP contribution is -2.53. The standard InChI is InChI=1S/C16H27N3OS.2ClH/c1-16(17)9-5-4-7-12(16)15(20)18-11-13(19(2)3)14-8-6-10-21-14;;/h6,8,10,12-13H,4-5,7,9,11,17H2,1-3H3,(H,18,20);2*1H. The van der Waals surface area contributed by atoms with Gasteiger partial charge in [-0.3, -0.25) is 4.79 Å². The number of carbonyl (C=O) groups excluding carboxylic acids is 1. The van der Waals surface area contributed by atoms with Gasteiger partial charge in [-0.2, -0.15) is 0 Å². The van der Waals surface area contributed by atoms with Gasteiger partial charge in [-0.1, -0.05) is 18.9 Å². The Kier molecular flexibility index (Phi) is 9.70. The Morgan fingerprint density at radius 2 is 2.17 bits per heavy atom. The number of halogens is 2. The minimum absolute atomic E-state index is 0. The van der Waals surface area contributed by atoms with Crippen LogP contribution in [0.25, 0.3) is 0 Å². The maximum absolute atomic E-state index is 12.5. The molecule has 1 aromatic rings. The predicted molar refractivity (Wildman–Crippen MR) is 103 cm³/mol. The number of amides is 1. The fraction of sp³-hybridized carbons (Fsp3) is 0.688. The van der Waals surface area contributed by atoms with E-state index in [0.717, 1.165) is 25.7 Å². The molecule has 2 rings (SSSR count). The molecule has 134 valence electrons. The molecule has 1 aliphatic rings. The van der Waals surface area contributed by atoms with Crippen molar-refractivity contribution in [2.45, 2.75) is 44.2 Å². The van der Waals surface area contributed by atoms with E-state index < -0.39 is 0 Å². The lowest BCUT2D eigenvalue weighted by molar-refractivity contribution is -0.128. The van der Waals surface area contributed by atoms with Crippen molar-refractivity contribution in [2.75, 3.05) is 20.6 Å². The summed E-state index contributed by atoms with van der Waals surface area (Å²) in [4.78, 5) is 15.9. The summed E-state index contributed by atoms with van der Waals surface area (Å²) in [6, 6.07) is 4.40. The number of rotatable bonds is 5. The summed E-state index contributed by atoms with van der Waals surface area (Å²) in [6.07, 6.45) is 4.08. The zero-order chi connectivity index (χ0) is 15.5. The minimum Gasteiger partial charge on any atom is -0.354 e. The summed E-state index contributed by atoms with van der Waals surface area (Å²) >= 11 is 1.73. The van der Waals surface area contributed by atoms with E-state index in [4.69, 9.17) is 5.73 Å². The summed E-state index contributed by atoms with van der Waals surface area (Å²) in [6.45, 7) is 2.65. The van der Waals surface area contributed by atoms with Gasteiger partial charge in [0.25, 0.3) is 0 Å². The van der Waals surface area contributed by atoms with Gasteiger partial charge in [-0.05, 0) is 45.3 Å². The van der Waals surface area contributed by atoms with Crippen molar-refractivity contribution in [1.29, 1.82) is 0 Å². The molecular weight excluding hydrogens is 353 g/mol. The monoisotopic (exact) mass is 381 g/mol. The van der Waals surface area contributed by atoms with Crippen LogP contribution in [-0.4, -0.2) is 37.0 Å².